The monoisotopic (exact) mass is 300 g/mol. The maximum Gasteiger partial charge on any atom is 0.0206 e. The number of rotatable bonds is 5. The van der Waals surface area contributed by atoms with Gasteiger partial charge in [-0.2, -0.15) is 0 Å². The third-order valence-corrected chi connectivity index (χ3v) is 6.02. The third-order valence-electron chi connectivity index (χ3n) is 6.02. The summed E-state index contributed by atoms with van der Waals surface area (Å²) >= 11 is 0. The van der Waals surface area contributed by atoms with E-state index >= 15 is 0 Å². The zero-order valence-electron chi connectivity index (χ0n) is 14.9. The molecule has 0 heteroatoms. The molecule has 0 aliphatic heterocycles. The molecule has 0 saturated heterocycles. The van der Waals surface area contributed by atoms with Crippen molar-refractivity contribution >= 4 is 0 Å². The highest BCUT2D eigenvalue weighted by Gasteiger charge is 2.19. The van der Waals surface area contributed by atoms with Crippen LogP contribution in [0.15, 0.2) is 12.2 Å². The first-order valence-corrected chi connectivity index (χ1v) is 9.99. The Hall–Kier alpha value is -0.700. The highest BCUT2D eigenvalue weighted by Crippen LogP contribution is 2.32. The minimum Gasteiger partial charge on any atom is -0.0951 e. The lowest BCUT2D eigenvalue weighted by atomic mass is 9.80. The summed E-state index contributed by atoms with van der Waals surface area (Å²) in [6.07, 6.45) is 21.3. The summed E-state index contributed by atoms with van der Waals surface area (Å²) in [7, 11) is 0. The van der Waals surface area contributed by atoms with E-state index in [0.717, 1.165) is 17.8 Å². The SMILES string of the molecule is CCCC[C@H]1CC[C@H](C#C/C=C/[C@H]2CC[C@H](CC)CC2)CC1. The molecule has 0 aromatic rings. The van der Waals surface area contributed by atoms with E-state index in [4.69, 9.17) is 0 Å². The van der Waals surface area contributed by atoms with Crippen molar-refractivity contribution in [3.63, 3.8) is 0 Å². The third kappa shape index (κ3) is 6.20. The van der Waals surface area contributed by atoms with Crippen molar-refractivity contribution in [2.24, 2.45) is 23.7 Å². The second-order valence-electron chi connectivity index (χ2n) is 7.70. The molecule has 0 aromatic heterocycles. The normalized spacial score (nSPS) is 32.6. The van der Waals surface area contributed by atoms with Crippen LogP contribution in [0.4, 0.5) is 0 Å². The van der Waals surface area contributed by atoms with E-state index in [0.29, 0.717) is 5.92 Å². The van der Waals surface area contributed by atoms with Gasteiger partial charge in [-0.15, -0.1) is 0 Å². The molecule has 124 valence electrons. The molecule has 0 atom stereocenters. The molecule has 0 amide bonds. The van der Waals surface area contributed by atoms with Crippen LogP contribution in [0, 0.1) is 35.5 Å². The summed E-state index contributed by atoms with van der Waals surface area (Å²) in [4.78, 5) is 0. The summed E-state index contributed by atoms with van der Waals surface area (Å²) in [5, 5.41) is 0. The Bertz CT molecular complexity index is 365. The first-order valence-electron chi connectivity index (χ1n) is 9.99. The molecule has 2 aliphatic rings. The van der Waals surface area contributed by atoms with Gasteiger partial charge in [0, 0.05) is 5.92 Å². The van der Waals surface area contributed by atoms with E-state index in [1.54, 1.807) is 0 Å². The molecule has 2 rings (SSSR count). The van der Waals surface area contributed by atoms with Crippen molar-refractivity contribution in [3.8, 4) is 11.8 Å². The molecule has 0 bridgehead atoms. The van der Waals surface area contributed by atoms with Crippen molar-refractivity contribution in [2.45, 2.75) is 90.9 Å². The Morgan fingerprint density at radius 3 is 2.18 bits per heavy atom. The second-order valence-corrected chi connectivity index (χ2v) is 7.70. The molecule has 0 aromatic carbocycles. The molecule has 2 saturated carbocycles. The van der Waals surface area contributed by atoms with Gasteiger partial charge in [0.25, 0.3) is 0 Å². The summed E-state index contributed by atoms with van der Waals surface area (Å²) in [6.45, 7) is 4.64. The van der Waals surface area contributed by atoms with Gasteiger partial charge < -0.3 is 0 Å². The Labute approximate surface area is 139 Å². The van der Waals surface area contributed by atoms with E-state index < -0.39 is 0 Å². The molecule has 0 spiro atoms. The van der Waals surface area contributed by atoms with Crippen LogP contribution in [0.3, 0.4) is 0 Å². The Balaban J connectivity index is 1.64. The molecule has 22 heavy (non-hydrogen) atoms. The maximum absolute atomic E-state index is 3.52. The van der Waals surface area contributed by atoms with E-state index in [2.05, 4.69) is 37.8 Å². The zero-order chi connectivity index (χ0) is 15.6. The van der Waals surface area contributed by atoms with E-state index in [1.165, 1.54) is 77.0 Å². The lowest BCUT2D eigenvalue weighted by molar-refractivity contribution is 0.296. The largest absolute Gasteiger partial charge is 0.0951 e. The highest BCUT2D eigenvalue weighted by molar-refractivity contribution is 5.18. The van der Waals surface area contributed by atoms with Crippen molar-refractivity contribution in [1.82, 2.24) is 0 Å². The topological polar surface area (TPSA) is 0 Å². The first-order chi connectivity index (χ1) is 10.8. The van der Waals surface area contributed by atoms with Gasteiger partial charge in [0.2, 0.25) is 0 Å². The Kier molecular flexibility index (Phi) is 8.14. The smallest absolute Gasteiger partial charge is 0.0206 e. The predicted octanol–water partition coefficient (Wildman–Crippen LogP) is 6.76. The van der Waals surface area contributed by atoms with Crippen LogP contribution in [0.2, 0.25) is 0 Å². The average molecular weight is 301 g/mol. The number of hydrogen-bond acceptors (Lipinski definition) is 0. The fourth-order valence-corrected chi connectivity index (χ4v) is 4.23. The van der Waals surface area contributed by atoms with Gasteiger partial charge in [-0.25, -0.2) is 0 Å². The van der Waals surface area contributed by atoms with Crippen LogP contribution < -0.4 is 0 Å². The van der Waals surface area contributed by atoms with E-state index in [-0.39, 0.29) is 0 Å². The van der Waals surface area contributed by atoms with Crippen molar-refractivity contribution < 1.29 is 0 Å². The first kappa shape index (κ1) is 17.7. The molecule has 0 radical (unpaired) electrons. The van der Waals surface area contributed by atoms with Gasteiger partial charge >= 0.3 is 0 Å². The molecular weight excluding hydrogens is 264 g/mol. The van der Waals surface area contributed by atoms with Crippen LogP contribution >= 0.6 is 0 Å². The number of allylic oxidation sites excluding steroid dienone is 2. The lowest BCUT2D eigenvalue weighted by Gasteiger charge is -2.25. The molecule has 2 fully saturated rings. The summed E-state index contributed by atoms with van der Waals surface area (Å²) < 4.78 is 0. The van der Waals surface area contributed by atoms with Crippen molar-refractivity contribution in [2.75, 3.05) is 0 Å². The van der Waals surface area contributed by atoms with E-state index in [9.17, 15) is 0 Å². The van der Waals surface area contributed by atoms with E-state index in [1.807, 2.05) is 0 Å². The molecule has 2 aliphatic carbocycles. The number of unbranched alkanes of at least 4 members (excludes halogenated alkanes) is 1. The van der Waals surface area contributed by atoms with Gasteiger partial charge in [-0.3, -0.25) is 0 Å². The van der Waals surface area contributed by atoms with Gasteiger partial charge in [0.1, 0.15) is 0 Å². The molecular formula is C22H36. The summed E-state index contributed by atoms with van der Waals surface area (Å²) in [6, 6.07) is 0. The fraction of sp³-hybridized carbons (Fsp3) is 0.818. The van der Waals surface area contributed by atoms with Crippen LogP contribution in [-0.4, -0.2) is 0 Å². The lowest BCUT2D eigenvalue weighted by Crippen LogP contribution is -2.13. The summed E-state index contributed by atoms with van der Waals surface area (Å²) in [5.74, 6) is 10.4. The summed E-state index contributed by atoms with van der Waals surface area (Å²) in [5.41, 5.74) is 0. The quantitative estimate of drug-likeness (QED) is 0.492. The zero-order valence-corrected chi connectivity index (χ0v) is 14.9. The molecule has 0 unspecified atom stereocenters. The standard InChI is InChI=1S/C22H36/c1-3-5-8-20-15-17-22(18-16-20)10-7-6-9-21-13-11-19(4-2)12-14-21/h6,9,19-22H,3-5,8,11-18H2,1-2H3/b9-6+/t19-,20-,21-,22-. The van der Waals surface area contributed by atoms with Crippen molar-refractivity contribution in [1.29, 1.82) is 0 Å². The Morgan fingerprint density at radius 2 is 1.55 bits per heavy atom. The van der Waals surface area contributed by atoms with Crippen molar-refractivity contribution in [3.05, 3.63) is 12.2 Å². The molecule has 0 N–H and O–H groups in total. The second kappa shape index (κ2) is 10.1. The number of hydrogen-bond donors (Lipinski definition) is 0. The fourth-order valence-electron chi connectivity index (χ4n) is 4.23. The van der Waals surface area contributed by atoms with Gasteiger partial charge in [0.15, 0.2) is 0 Å². The average Bonchev–Trinajstić information content (AvgIpc) is 2.58. The minimum absolute atomic E-state index is 0.679. The Morgan fingerprint density at radius 1 is 0.864 bits per heavy atom. The van der Waals surface area contributed by atoms with Crippen LogP contribution in [0.25, 0.3) is 0 Å². The van der Waals surface area contributed by atoms with Gasteiger partial charge in [-0.05, 0) is 75.2 Å². The van der Waals surface area contributed by atoms with Crippen LogP contribution in [0.1, 0.15) is 90.9 Å². The molecule has 0 nitrogen and oxygen atoms in total. The predicted molar refractivity (Wildman–Crippen MR) is 97.6 cm³/mol. The highest BCUT2D eigenvalue weighted by atomic mass is 14.2. The van der Waals surface area contributed by atoms with Gasteiger partial charge in [-0.1, -0.05) is 57.4 Å². The van der Waals surface area contributed by atoms with Crippen LogP contribution in [-0.2, 0) is 0 Å². The minimum atomic E-state index is 0.679. The molecule has 0 heterocycles. The van der Waals surface area contributed by atoms with Crippen LogP contribution in [0.5, 0.6) is 0 Å². The van der Waals surface area contributed by atoms with Gasteiger partial charge in [0.05, 0.1) is 0 Å². The maximum atomic E-state index is 3.52.